The molecule has 2 saturated heterocycles. The largest absolute Gasteiger partial charge is 0.493 e. The van der Waals surface area contributed by atoms with Gasteiger partial charge in [-0.2, -0.15) is 0 Å². The molecule has 4 rings (SSSR count). The number of para-hydroxylation sites is 1. The van der Waals surface area contributed by atoms with Crippen molar-refractivity contribution in [1.82, 2.24) is 9.80 Å². The summed E-state index contributed by atoms with van der Waals surface area (Å²) in [7, 11) is 1.46. The van der Waals surface area contributed by atoms with Crippen molar-refractivity contribution in [1.29, 1.82) is 0 Å². The number of hydrogen-bond donors (Lipinski definition) is 1. The number of rotatable bonds is 8. The van der Waals surface area contributed by atoms with E-state index in [9.17, 15) is 19.2 Å². The molecule has 0 aliphatic carbocycles. The predicted octanol–water partition coefficient (Wildman–Crippen LogP) is 4.52. The van der Waals surface area contributed by atoms with Gasteiger partial charge in [0.1, 0.15) is 6.54 Å². The van der Waals surface area contributed by atoms with Gasteiger partial charge in [-0.05, 0) is 66.9 Å². The lowest BCUT2D eigenvalue weighted by molar-refractivity contribution is -0.136. The Morgan fingerprint density at radius 3 is 2.51 bits per heavy atom. The first-order chi connectivity index (χ1) is 17.9. The van der Waals surface area contributed by atoms with E-state index in [1.165, 1.54) is 7.11 Å². The molecule has 2 fully saturated rings. The second-order valence-corrected chi connectivity index (χ2v) is 10.3. The van der Waals surface area contributed by atoms with Crippen molar-refractivity contribution in [2.45, 2.75) is 19.3 Å². The highest BCUT2D eigenvalue weighted by molar-refractivity contribution is 9.10. The highest BCUT2D eigenvalue weighted by atomic mass is 79.9. The van der Waals surface area contributed by atoms with Crippen LogP contribution in [0, 0.1) is 0 Å². The van der Waals surface area contributed by atoms with Gasteiger partial charge < -0.3 is 19.7 Å². The van der Waals surface area contributed by atoms with Crippen LogP contribution >= 0.6 is 27.7 Å². The Morgan fingerprint density at radius 1 is 1.08 bits per heavy atom. The molecule has 11 heteroatoms. The van der Waals surface area contributed by atoms with Crippen LogP contribution in [0.15, 0.2) is 51.8 Å². The number of likely N-dealkylation sites (tertiary alicyclic amines) is 1. The zero-order chi connectivity index (χ0) is 26.4. The van der Waals surface area contributed by atoms with Crippen LogP contribution < -0.4 is 14.8 Å². The van der Waals surface area contributed by atoms with Crippen molar-refractivity contribution >= 4 is 62.4 Å². The number of amides is 4. The van der Waals surface area contributed by atoms with Crippen LogP contribution in [0.4, 0.5) is 10.5 Å². The van der Waals surface area contributed by atoms with Crippen molar-refractivity contribution in [3.05, 3.63) is 57.4 Å². The maximum Gasteiger partial charge on any atom is 0.294 e. The molecule has 4 amide bonds. The van der Waals surface area contributed by atoms with Crippen LogP contribution in [0.3, 0.4) is 0 Å². The Hall–Kier alpha value is -3.31. The fraction of sp³-hybridized carbons (Fsp3) is 0.308. The molecule has 0 atom stereocenters. The number of benzene rings is 2. The van der Waals surface area contributed by atoms with E-state index in [1.807, 2.05) is 18.2 Å². The molecule has 2 aromatic carbocycles. The smallest absolute Gasteiger partial charge is 0.294 e. The monoisotopic (exact) mass is 587 g/mol. The first-order valence-corrected chi connectivity index (χ1v) is 13.3. The molecule has 0 aromatic heterocycles. The van der Waals surface area contributed by atoms with Gasteiger partial charge >= 0.3 is 0 Å². The Bertz CT molecular complexity index is 1230. The number of piperidine rings is 1. The number of anilines is 1. The molecule has 2 heterocycles. The van der Waals surface area contributed by atoms with E-state index in [4.69, 9.17) is 9.47 Å². The lowest BCUT2D eigenvalue weighted by Crippen LogP contribution is -2.44. The van der Waals surface area contributed by atoms with E-state index in [2.05, 4.69) is 21.2 Å². The van der Waals surface area contributed by atoms with E-state index < -0.39 is 11.1 Å². The standard InChI is InChI=1S/C26H26BrN3O6S/c1-35-20-12-17(19(27)14-21(20)36-16-23(31)28-18-8-4-2-5-9-18)13-22-25(33)30(26(34)37-22)15-24(32)29-10-6-3-7-11-29/h2,4-5,8-9,12-14H,3,6-7,10-11,15-16H2,1H3,(H,28,31)/b22-13-. The highest BCUT2D eigenvalue weighted by Crippen LogP contribution is 2.38. The predicted molar refractivity (Wildman–Crippen MR) is 144 cm³/mol. The van der Waals surface area contributed by atoms with Gasteiger partial charge in [-0.25, -0.2) is 0 Å². The molecular weight excluding hydrogens is 562 g/mol. The van der Waals surface area contributed by atoms with Crippen LogP contribution in [0.25, 0.3) is 6.08 Å². The highest BCUT2D eigenvalue weighted by Gasteiger charge is 2.37. The Morgan fingerprint density at radius 2 is 1.81 bits per heavy atom. The second kappa shape index (κ2) is 12.3. The van der Waals surface area contributed by atoms with Crippen LogP contribution in [0.1, 0.15) is 24.8 Å². The molecule has 2 aliphatic rings. The quantitative estimate of drug-likeness (QED) is 0.452. The van der Waals surface area contributed by atoms with Gasteiger partial charge in [-0.3, -0.25) is 24.1 Å². The summed E-state index contributed by atoms with van der Waals surface area (Å²) < 4.78 is 11.7. The fourth-order valence-corrected chi connectivity index (χ4v) is 5.22. The fourth-order valence-electron chi connectivity index (χ4n) is 3.95. The number of carbonyl (C=O) groups excluding carboxylic acids is 4. The second-order valence-electron chi connectivity index (χ2n) is 8.44. The van der Waals surface area contributed by atoms with Crippen molar-refractivity contribution in [2.24, 2.45) is 0 Å². The molecule has 2 aliphatic heterocycles. The summed E-state index contributed by atoms with van der Waals surface area (Å²) >= 11 is 4.25. The number of carbonyl (C=O) groups is 4. The Labute approximate surface area is 227 Å². The van der Waals surface area contributed by atoms with Crippen molar-refractivity contribution in [3.8, 4) is 11.5 Å². The molecule has 37 heavy (non-hydrogen) atoms. The van der Waals surface area contributed by atoms with Gasteiger partial charge in [0.05, 0.1) is 12.0 Å². The van der Waals surface area contributed by atoms with Gasteiger partial charge in [0.2, 0.25) is 5.91 Å². The van der Waals surface area contributed by atoms with Crippen LogP contribution in [0.2, 0.25) is 0 Å². The third-order valence-corrected chi connectivity index (χ3v) is 7.46. The average Bonchev–Trinajstić information content (AvgIpc) is 3.17. The number of imide groups is 1. The SMILES string of the molecule is COc1cc(/C=C2\SC(=O)N(CC(=O)N3CCCCC3)C2=O)c(Br)cc1OCC(=O)Nc1ccccc1. The summed E-state index contributed by atoms with van der Waals surface area (Å²) in [5.41, 5.74) is 1.23. The lowest BCUT2D eigenvalue weighted by Gasteiger charge is -2.27. The van der Waals surface area contributed by atoms with Gasteiger partial charge in [-0.15, -0.1) is 0 Å². The number of nitrogens with zero attached hydrogens (tertiary/aromatic N) is 2. The Kier molecular flexibility index (Phi) is 8.88. The first-order valence-electron chi connectivity index (χ1n) is 11.7. The minimum absolute atomic E-state index is 0.204. The molecule has 0 saturated carbocycles. The third kappa shape index (κ3) is 6.72. The van der Waals surface area contributed by atoms with Crippen LogP contribution in [-0.2, 0) is 14.4 Å². The van der Waals surface area contributed by atoms with E-state index >= 15 is 0 Å². The van der Waals surface area contributed by atoms with Gasteiger partial charge in [-0.1, -0.05) is 34.1 Å². The zero-order valence-corrected chi connectivity index (χ0v) is 22.6. The van der Waals surface area contributed by atoms with E-state index in [0.717, 1.165) is 35.9 Å². The number of methoxy groups -OCH3 is 1. The van der Waals surface area contributed by atoms with Crippen molar-refractivity contribution in [3.63, 3.8) is 0 Å². The molecule has 0 unspecified atom stereocenters. The average molecular weight is 588 g/mol. The molecule has 2 aromatic rings. The topological polar surface area (TPSA) is 105 Å². The maximum absolute atomic E-state index is 12.9. The van der Waals surface area contributed by atoms with E-state index in [-0.39, 0.29) is 29.9 Å². The maximum atomic E-state index is 12.9. The number of ether oxygens (including phenoxy) is 2. The lowest BCUT2D eigenvalue weighted by atomic mass is 10.1. The summed E-state index contributed by atoms with van der Waals surface area (Å²) in [5, 5.41) is 2.26. The Balaban J connectivity index is 1.43. The number of halogens is 1. The molecule has 1 N–H and O–H groups in total. The minimum Gasteiger partial charge on any atom is -0.493 e. The molecule has 0 spiro atoms. The third-order valence-electron chi connectivity index (χ3n) is 5.86. The molecule has 0 radical (unpaired) electrons. The normalized spacial score (nSPS) is 16.8. The summed E-state index contributed by atoms with van der Waals surface area (Å²) in [4.78, 5) is 53.2. The minimum atomic E-state index is -0.510. The summed E-state index contributed by atoms with van der Waals surface area (Å²) in [5.74, 6) is -0.384. The van der Waals surface area contributed by atoms with Gasteiger partial charge in [0, 0.05) is 23.2 Å². The molecular formula is C26H26BrN3O6S. The van der Waals surface area contributed by atoms with Crippen molar-refractivity contribution < 1.29 is 28.7 Å². The van der Waals surface area contributed by atoms with E-state index in [0.29, 0.717) is 40.3 Å². The number of hydrogen-bond acceptors (Lipinski definition) is 7. The summed E-state index contributed by atoms with van der Waals surface area (Å²) in [6, 6.07) is 12.3. The van der Waals surface area contributed by atoms with Gasteiger partial charge in [0.15, 0.2) is 18.1 Å². The zero-order valence-electron chi connectivity index (χ0n) is 20.2. The number of nitrogens with one attached hydrogen (secondary N) is 1. The number of thioether (sulfide) groups is 1. The van der Waals surface area contributed by atoms with Crippen molar-refractivity contribution in [2.75, 3.05) is 38.7 Å². The van der Waals surface area contributed by atoms with Gasteiger partial charge in [0.25, 0.3) is 17.1 Å². The summed E-state index contributed by atoms with van der Waals surface area (Å²) in [6.07, 6.45) is 4.51. The van der Waals surface area contributed by atoms with Crippen LogP contribution in [0.5, 0.6) is 11.5 Å². The van der Waals surface area contributed by atoms with E-state index in [1.54, 1.807) is 35.2 Å². The first kappa shape index (κ1) is 26.7. The molecule has 9 nitrogen and oxygen atoms in total. The molecule has 194 valence electrons. The molecule has 0 bridgehead atoms. The van der Waals surface area contributed by atoms with Crippen LogP contribution in [-0.4, -0.2) is 66.1 Å². The summed E-state index contributed by atoms with van der Waals surface area (Å²) in [6.45, 7) is 0.811.